The van der Waals surface area contributed by atoms with Gasteiger partial charge in [-0.15, -0.1) is 22.7 Å². The minimum absolute atomic E-state index is 0.167. The Balaban J connectivity index is 1.74. The Morgan fingerprint density at radius 3 is 2.81 bits per heavy atom. The van der Waals surface area contributed by atoms with Crippen molar-refractivity contribution >= 4 is 54.9 Å². The molecule has 1 amide bonds. The molecule has 27 heavy (non-hydrogen) atoms. The number of fused-ring (bicyclic) bond motifs is 3. The van der Waals surface area contributed by atoms with Gasteiger partial charge in [-0.2, -0.15) is 0 Å². The number of rotatable bonds is 7. The summed E-state index contributed by atoms with van der Waals surface area (Å²) < 4.78 is 12.7. The fourth-order valence-corrected chi connectivity index (χ4v) is 4.75. The molecule has 0 aliphatic rings. The molecule has 0 spiro atoms. The maximum Gasteiger partial charge on any atom is 0.328 e. The largest absolute Gasteiger partial charge is 0.483 e. The van der Waals surface area contributed by atoms with E-state index in [0.717, 1.165) is 25.3 Å². The Hall–Kier alpha value is -2.19. The van der Waals surface area contributed by atoms with Gasteiger partial charge in [0.25, 0.3) is 5.91 Å². The summed E-state index contributed by atoms with van der Waals surface area (Å²) in [6, 6.07) is 3.23. The molecule has 0 saturated carbocycles. The topological polar surface area (TPSA) is 77.5 Å². The number of nitrogens with one attached hydrogen (secondary N) is 1. The van der Waals surface area contributed by atoms with E-state index in [0.29, 0.717) is 12.2 Å². The smallest absolute Gasteiger partial charge is 0.328 e. The maximum absolute atomic E-state index is 12.3. The van der Waals surface area contributed by atoms with Crippen LogP contribution in [-0.2, 0) is 14.3 Å². The summed E-state index contributed by atoms with van der Waals surface area (Å²) in [5.41, 5.74) is 0.974. The summed E-state index contributed by atoms with van der Waals surface area (Å²) in [6.45, 7) is 5.77. The van der Waals surface area contributed by atoms with Gasteiger partial charge in [0.2, 0.25) is 0 Å². The molecule has 3 aromatic rings. The third-order valence-corrected chi connectivity index (χ3v) is 5.89. The molecule has 3 rings (SSSR count). The number of ether oxygens (including phenoxy) is 2. The molecule has 6 nitrogen and oxygen atoms in total. The zero-order chi connectivity index (χ0) is 19.6. The zero-order valence-corrected chi connectivity index (χ0v) is 17.3. The van der Waals surface area contributed by atoms with E-state index >= 15 is 0 Å². The minimum atomic E-state index is -0.668. The maximum atomic E-state index is 12.3. The number of thiophene rings is 1. The predicted octanol–water partition coefficient (Wildman–Crippen LogP) is 3.90. The van der Waals surface area contributed by atoms with Crippen molar-refractivity contribution in [2.45, 2.75) is 33.2 Å². The Morgan fingerprint density at radius 2 is 2.11 bits per heavy atom. The summed E-state index contributed by atoms with van der Waals surface area (Å²) in [5, 5.41) is 6.63. The Labute approximate surface area is 165 Å². The lowest BCUT2D eigenvalue weighted by Gasteiger charge is -2.18. The zero-order valence-electron chi connectivity index (χ0n) is 15.7. The average Bonchev–Trinajstić information content (AvgIpc) is 3.23. The van der Waals surface area contributed by atoms with Crippen molar-refractivity contribution < 1.29 is 19.1 Å². The van der Waals surface area contributed by atoms with Crippen molar-refractivity contribution in [2.24, 2.45) is 5.92 Å². The second kappa shape index (κ2) is 8.22. The molecular formula is C19H22N2O4S2. The third-order valence-electron chi connectivity index (χ3n) is 4.06. The normalized spacial score (nSPS) is 12.5. The van der Waals surface area contributed by atoms with Gasteiger partial charge < -0.3 is 14.8 Å². The number of methoxy groups -OCH3 is 1. The highest BCUT2D eigenvalue weighted by Gasteiger charge is 2.23. The monoisotopic (exact) mass is 406 g/mol. The van der Waals surface area contributed by atoms with Crippen molar-refractivity contribution in [1.82, 2.24) is 10.3 Å². The number of esters is 1. The Morgan fingerprint density at radius 1 is 1.33 bits per heavy atom. The lowest BCUT2D eigenvalue weighted by Crippen LogP contribution is -2.44. The molecule has 1 unspecified atom stereocenters. The van der Waals surface area contributed by atoms with Crippen LogP contribution in [0.3, 0.4) is 0 Å². The van der Waals surface area contributed by atoms with Crippen molar-refractivity contribution in [3.05, 3.63) is 22.5 Å². The van der Waals surface area contributed by atoms with Crippen LogP contribution in [0, 0.1) is 12.8 Å². The first kappa shape index (κ1) is 19.6. The number of carbonyl (C=O) groups is 2. The molecule has 8 heteroatoms. The van der Waals surface area contributed by atoms with Crippen LogP contribution < -0.4 is 10.1 Å². The molecule has 0 radical (unpaired) electrons. The van der Waals surface area contributed by atoms with Crippen LogP contribution in [0.2, 0.25) is 0 Å². The second-order valence-corrected chi connectivity index (χ2v) is 8.83. The van der Waals surface area contributed by atoms with E-state index in [-0.39, 0.29) is 18.4 Å². The number of amides is 1. The number of nitrogens with zero attached hydrogens (tertiary/aromatic N) is 1. The van der Waals surface area contributed by atoms with Crippen LogP contribution >= 0.6 is 22.7 Å². The van der Waals surface area contributed by atoms with Crippen molar-refractivity contribution in [3.63, 3.8) is 0 Å². The molecular weight excluding hydrogens is 384 g/mol. The van der Waals surface area contributed by atoms with Gasteiger partial charge in [-0.3, -0.25) is 4.79 Å². The fourth-order valence-electron chi connectivity index (χ4n) is 2.91. The van der Waals surface area contributed by atoms with E-state index in [9.17, 15) is 9.59 Å². The first-order valence-electron chi connectivity index (χ1n) is 8.66. The highest BCUT2D eigenvalue weighted by Crippen LogP contribution is 2.38. The number of thiazole rings is 1. The number of aromatic nitrogens is 1. The summed E-state index contributed by atoms with van der Waals surface area (Å²) in [5.74, 6) is 0.0996. The van der Waals surface area contributed by atoms with Crippen LogP contribution in [-0.4, -0.2) is 36.6 Å². The SMILES string of the molecule is COC(=O)C(CC(C)C)NC(=O)COc1cc2sc(C)nc2c2sccc12. The van der Waals surface area contributed by atoms with Gasteiger partial charge in [-0.05, 0) is 30.7 Å². The van der Waals surface area contributed by atoms with Crippen molar-refractivity contribution in [3.8, 4) is 5.75 Å². The van der Waals surface area contributed by atoms with E-state index in [1.165, 1.54) is 7.11 Å². The molecule has 1 atom stereocenters. The molecule has 2 heterocycles. The van der Waals surface area contributed by atoms with Crippen LogP contribution in [0.5, 0.6) is 5.75 Å². The summed E-state index contributed by atoms with van der Waals surface area (Å²) in [6.07, 6.45) is 0.513. The molecule has 1 N–H and O–H groups in total. The van der Waals surface area contributed by atoms with Crippen LogP contribution in [0.4, 0.5) is 0 Å². The number of hydrogen-bond donors (Lipinski definition) is 1. The summed E-state index contributed by atoms with van der Waals surface area (Å²) >= 11 is 3.20. The lowest BCUT2D eigenvalue weighted by atomic mass is 10.0. The third kappa shape index (κ3) is 4.39. The number of benzene rings is 1. The Kier molecular flexibility index (Phi) is 5.96. The van der Waals surface area contributed by atoms with E-state index in [4.69, 9.17) is 9.47 Å². The molecule has 1 aromatic carbocycles. The fraction of sp³-hybridized carbons (Fsp3) is 0.421. The summed E-state index contributed by atoms with van der Waals surface area (Å²) in [4.78, 5) is 28.8. The van der Waals surface area contributed by atoms with Gasteiger partial charge in [0.15, 0.2) is 6.61 Å². The number of hydrogen-bond acceptors (Lipinski definition) is 7. The van der Waals surface area contributed by atoms with Gasteiger partial charge in [-0.25, -0.2) is 9.78 Å². The van der Waals surface area contributed by atoms with E-state index in [2.05, 4.69) is 10.3 Å². The van der Waals surface area contributed by atoms with Crippen LogP contribution in [0.25, 0.3) is 20.3 Å². The van der Waals surface area contributed by atoms with Crippen molar-refractivity contribution in [1.29, 1.82) is 0 Å². The number of carbonyl (C=O) groups excluding carboxylic acids is 2. The highest BCUT2D eigenvalue weighted by atomic mass is 32.1. The summed E-state index contributed by atoms with van der Waals surface area (Å²) in [7, 11) is 1.32. The quantitative estimate of drug-likeness (QED) is 0.602. The average molecular weight is 407 g/mol. The first-order valence-corrected chi connectivity index (χ1v) is 10.4. The first-order chi connectivity index (χ1) is 12.9. The van der Waals surface area contributed by atoms with Crippen molar-refractivity contribution in [2.75, 3.05) is 13.7 Å². The van der Waals surface area contributed by atoms with E-state index < -0.39 is 12.0 Å². The molecule has 2 aromatic heterocycles. The lowest BCUT2D eigenvalue weighted by molar-refractivity contribution is -0.145. The predicted molar refractivity (Wildman–Crippen MR) is 109 cm³/mol. The van der Waals surface area contributed by atoms with Gasteiger partial charge in [0.1, 0.15) is 11.8 Å². The highest BCUT2D eigenvalue weighted by molar-refractivity contribution is 7.21. The molecule has 0 aliphatic heterocycles. The van der Waals surface area contributed by atoms with Crippen LogP contribution in [0.15, 0.2) is 17.5 Å². The van der Waals surface area contributed by atoms with E-state index in [1.54, 1.807) is 22.7 Å². The van der Waals surface area contributed by atoms with Crippen LogP contribution in [0.1, 0.15) is 25.3 Å². The van der Waals surface area contributed by atoms with Gasteiger partial charge in [-0.1, -0.05) is 13.8 Å². The standard InChI is InChI=1S/C19H22N2O4S2/c1-10(2)7-13(19(23)24-4)21-16(22)9-25-14-8-15-17(20-11(3)27-15)18-12(14)5-6-26-18/h5-6,8,10,13H,7,9H2,1-4H3,(H,21,22). The Bertz CT molecular complexity index is 977. The van der Waals surface area contributed by atoms with Gasteiger partial charge >= 0.3 is 5.97 Å². The second-order valence-electron chi connectivity index (χ2n) is 6.68. The minimum Gasteiger partial charge on any atom is -0.483 e. The number of aryl methyl sites for hydroxylation is 1. The molecule has 0 aliphatic carbocycles. The van der Waals surface area contributed by atoms with Gasteiger partial charge in [0.05, 0.1) is 27.0 Å². The molecule has 0 bridgehead atoms. The van der Waals surface area contributed by atoms with Gasteiger partial charge in [0, 0.05) is 11.5 Å². The molecule has 0 fully saturated rings. The molecule has 0 saturated heterocycles. The van der Waals surface area contributed by atoms with E-state index in [1.807, 2.05) is 38.3 Å². The molecule has 144 valence electrons.